The second kappa shape index (κ2) is 7.99. The highest BCUT2D eigenvalue weighted by molar-refractivity contribution is 5.94. The lowest BCUT2D eigenvalue weighted by Gasteiger charge is -2.13. The average molecular weight is 381 g/mol. The zero-order chi connectivity index (χ0) is 20.3. The van der Waals surface area contributed by atoms with Gasteiger partial charge in [-0.2, -0.15) is 4.98 Å². The molecule has 0 saturated heterocycles. The van der Waals surface area contributed by atoms with E-state index in [0.29, 0.717) is 34.5 Å². The number of carbonyl (C=O) groups excluding carboxylic acids is 1. The SMILES string of the molecule is CCCCn1c(=O)nc(-c2cccc(OC(C)=O)c2)c2cc([N+](=O)[O-])ccc21. The van der Waals surface area contributed by atoms with Crippen LogP contribution in [0.15, 0.2) is 47.3 Å². The summed E-state index contributed by atoms with van der Waals surface area (Å²) in [6.45, 7) is 3.78. The van der Waals surface area contributed by atoms with Gasteiger partial charge in [0, 0.05) is 36.6 Å². The van der Waals surface area contributed by atoms with Crippen molar-refractivity contribution in [3.05, 3.63) is 63.1 Å². The molecule has 28 heavy (non-hydrogen) atoms. The van der Waals surface area contributed by atoms with Crippen LogP contribution in [0.1, 0.15) is 26.7 Å². The summed E-state index contributed by atoms with van der Waals surface area (Å²) in [5.41, 5.74) is 0.899. The molecule has 1 aromatic heterocycles. The Kier molecular flexibility index (Phi) is 5.49. The molecular formula is C20H19N3O5. The predicted octanol–water partition coefficient (Wildman–Crippen LogP) is 3.70. The normalized spacial score (nSPS) is 10.8. The second-order valence-electron chi connectivity index (χ2n) is 6.33. The van der Waals surface area contributed by atoms with E-state index in [9.17, 15) is 19.7 Å². The van der Waals surface area contributed by atoms with E-state index in [1.165, 1.54) is 23.6 Å². The Hall–Kier alpha value is -3.55. The van der Waals surface area contributed by atoms with Crippen molar-refractivity contribution in [1.82, 2.24) is 9.55 Å². The van der Waals surface area contributed by atoms with Gasteiger partial charge in [-0.1, -0.05) is 25.5 Å². The third-order valence-electron chi connectivity index (χ3n) is 4.28. The molecule has 0 unspecified atom stereocenters. The quantitative estimate of drug-likeness (QED) is 0.279. The van der Waals surface area contributed by atoms with Crippen LogP contribution in [0.25, 0.3) is 22.2 Å². The number of aromatic nitrogens is 2. The summed E-state index contributed by atoms with van der Waals surface area (Å²) in [7, 11) is 0. The molecule has 144 valence electrons. The Labute approximate surface area is 160 Å². The van der Waals surface area contributed by atoms with E-state index >= 15 is 0 Å². The van der Waals surface area contributed by atoms with Crippen LogP contribution in [0.5, 0.6) is 5.75 Å². The van der Waals surface area contributed by atoms with Gasteiger partial charge in [-0.05, 0) is 24.6 Å². The smallest absolute Gasteiger partial charge is 0.348 e. The lowest BCUT2D eigenvalue weighted by Crippen LogP contribution is -2.24. The molecule has 0 atom stereocenters. The summed E-state index contributed by atoms with van der Waals surface area (Å²) in [6, 6.07) is 10.9. The van der Waals surface area contributed by atoms with Gasteiger partial charge in [-0.15, -0.1) is 0 Å². The molecular weight excluding hydrogens is 362 g/mol. The van der Waals surface area contributed by atoms with Gasteiger partial charge in [0.15, 0.2) is 0 Å². The molecule has 0 radical (unpaired) electrons. The molecule has 3 rings (SSSR count). The molecule has 8 heteroatoms. The number of rotatable bonds is 6. The van der Waals surface area contributed by atoms with E-state index in [4.69, 9.17) is 4.74 Å². The minimum absolute atomic E-state index is 0.0904. The van der Waals surface area contributed by atoms with E-state index in [1.54, 1.807) is 30.3 Å². The van der Waals surface area contributed by atoms with Crippen LogP contribution < -0.4 is 10.4 Å². The number of fused-ring (bicyclic) bond motifs is 1. The van der Waals surface area contributed by atoms with Gasteiger partial charge < -0.3 is 4.74 Å². The minimum Gasteiger partial charge on any atom is -0.427 e. The number of aryl methyl sites for hydroxylation is 1. The van der Waals surface area contributed by atoms with Gasteiger partial charge in [-0.25, -0.2) is 4.79 Å². The van der Waals surface area contributed by atoms with E-state index < -0.39 is 16.6 Å². The Morgan fingerprint density at radius 2 is 2.04 bits per heavy atom. The fraction of sp³-hybridized carbons (Fsp3) is 0.250. The molecule has 8 nitrogen and oxygen atoms in total. The summed E-state index contributed by atoms with van der Waals surface area (Å²) in [5.74, 6) is -0.166. The average Bonchev–Trinajstić information content (AvgIpc) is 2.66. The predicted molar refractivity (Wildman–Crippen MR) is 104 cm³/mol. The number of nitrogens with zero attached hydrogens (tertiary/aromatic N) is 3. The molecule has 0 N–H and O–H groups in total. The van der Waals surface area contributed by atoms with Gasteiger partial charge in [0.1, 0.15) is 5.75 Å². The molecule has 1 heterocycles. The van der Waals surface area contributed by atoms with Gasteiger partial charge in [-0.3, -0.25) is 19.5 Å². The van der Waals surface area contributed by atoms with Crippen molar-refractivity contribution in [2.75, 3.05) is 0 Å². The molecule has 3 aromatic rings. The summed E-state index contributed by atoms with van der Waals surface area (Å²) < 4.78 is 6.63. The second-order valence-corrected chi connectivity index (χ2v) is 6.33. The lowest BCUT2D eigenvalue weighted by molar-refractivity contribution is -0.384. The number of non-ortho nitro benzene ring substituents is 1. The summed E-state index contributed by atoms with van der Waals surface area (Å²) in [4.78, 5) is 38.8. The van der Waals surface area contributed by atoms with E-state index in [2.05, 4.69) is 4.98 Å². The number of esters is 1. The molecule has 0 spiro atoms. The number of nitro benzene ring substituents is 1. The first-order chi connectivity index (χ1) is 13.4. The first-order valence-corrected chi connectivity index (χ1v) is 8.88. The van der Waals surface area contributed by atoms with Crippen molar-refractivity contribution in [3.63, 3.8) is 0 Å². The van der Waals surface area contributed by atoms with Gasteiger partial charge >= 0.3 is 11.7 Å². The maximum atomic E-state index is 12.6. The van der Waals surface area contributed by atoms with Crippen molar-refractivity contribution >= 4 is 22.6 Å². The minimum atomic E-state index is -0.486. The Bertz CT molecular complexity index is 1120. The largest absolute Gasteiger partial charge is 0.427 e. The number of carbonyl (C=O) groups is 1. The lowest BCUT2D eigenvalue weighted by atomic mass is 10.1. The van der Waals surface area contributed by atoms with Crippen molar-refractivity contribution < 1.29 is 14.5 Å². The molecule has 0 aliphatic carbocycles. The van der Waals surface area contributed by atoms with Crippen LogP contribution in [0, 0.1) is 10.1 Å². The van der Waals surface area contributed by atoms with Gasteiger partial charge in [0.25, 0.3) is 5.69 Å². The van der Waals surface area contributed by atoms with Crippen LogP contribution in [-0.2, 0) is 11.3 Å². The summed E-state index contributed by atoms with van der Waals surface area (Å²) >= 11 is 0. The molecule has 0 aliphatic heterocycles. The highest BCUT2D eigenvalue weighted by Gasteiger charge is 2.16. The zero-order valence-electron chi connectivity index (χ0n) is 15.5. The molecule has 0 saturated carbocycles. The number of hydrogen-bond donors (Lipinski definition) is 0. The van der Waals surface area contributed by atoms with Crippen molar-refractivity contribution in [1.29, 1.82) is 0 Å². The maximum Gasteiger partial charge on any atom is 0.348 e. The molecule has 0 aliphatic rings. The number of hydrogen-bond acceptors (Lipinski definition) is 6. The topological polar surface area (TPSA) is 104 Å². The van der Waals surface area contributed by atoms with Crippen LogP contribution in [0.3, 0.4) is 0 Å². The highest BCUT2D eigenvalue weighted by Crippen LogP contribution is 2.30. The van der Waals surface area contributed by atoms with E-state index in [1.807, 2.05) is 6.92 Å². The van der Waals surface area contributed by atoms with Gasteiger partial charge in [0.2, 0.25) is 0 Å². The number of benzene rings is 2. The van der Waals surface area contributed by atoms with Gasteiger partial charge in [0.05, 0.1) is 16.1 Å². The van der Waals surface area contributed by atoms with Crippen LogP contribution in [0.4, 0.5) is 5.69 Å². The van der Waals surface area contributed by atoms with E-state index in [0.717, 1.165) is 12.8 Å². The maximum absolute atomic E-state index is 12.6. The van der Waals surface area contributed by atoms with Crippen LogP contribution >= 0.6 is 0 Å². The monoisotopic (exact) mass is 381 g/mol. The zero-order valence-corrected chi connectivity index (χ0v) is 15.5. The fourth-order valence-corrected chi connectivity index (χ4v) is 3.01. The number of unbranched alkanes of at least 4 members (excludes halogenated alkanes) is 1. The van der Waals surface area contributed by atoms with Crippen LogP contribution in [0.2, 0.25) is 0 Å². The van der Waals surface area contributed by atoms with Crippen LogP contribution in [-0.4, -0.2) is 20.4 Å². The molecule has 0 fully saturated rings. The Morgan fingerprint density at radius 3 is 2.71 bits per heavy atom. The number of ether oxygens (including phenoxy) is 1. The molecule has 0 amide bonds. The van der Waals surface area contributed by atoms with Crippen molar-refractivity contribution in [2.24, 2.45) is 0 Å². The standard InChI is InChI=1S/C20H19N3O5/c1-3-4-10-22-18-9-8-15(23(26)27)12-17(18)19(21-20(22)25)14-6-5-7-16(11-14)28-13(2)24/h5-9,11-12H,3-4,10H2,1-2H3. The summed E-state index contributed by atoms with van der Waals surface area (Å²) in [5, 5.41) is 11.7. The van der Waals surface area contributed by atoms with Crippen molar-refractivity contribution in [2.45, 2.75) is 33.2 Å². The van der Waals surface area contributed by atoms with Crippen molar-refractivity contribution in [3.8, 4) is 17.0 Å². The Balaban J connectivity index is 2.27. The molecule has 2 aromatic carbocycles. The first-order valence-electron chi connectivity index (χ1n) is 8.88. The summed E-state index contributed by atoms with van der Waals surface area (Å²) in [6.07, 6.45) is 1.68. The van der Waals surface area contributed by atoms with E-state index in [-0.39, 0.29) is 5.69 Å². The molecule has 0 bridgehead atoms. The third-order valence-corrected chi connectivity index (χ3v) is 4.28. The first kappa shape index (κ1) is 19.2. The Morgan fingerprint density at radius 1 is 1.25 bits per heavy atom. The number of nitro groups is 1. The fourth-order valence-electron chi connectivity index (χ4n) is 3.01. The highest BCUT2D eigenvalue weighted by atomic mass is 16.6. The third kappa shape index (κ3) is 3.90.